The molecule has 1 aliphatic heterocycles. The number of carbonyl (C=O) groups is 1. The molecule has 0 N–H and O–H groups in total. The Balaban J connectivity index is 1.49. The molecule has 0 aromatic heterocycles. The fourth-order valence-corrected chi connectivity index (χ4v) is 4.12. The van der Waals surface area contributed by atoms with Crippen LogP contribution in [0.3, 0.4) is 0 Å². The number of rotatable bonds is 7. The maximum absolute atomic E-state index is 13.8. The van der Waals surface area contributed by atoms with Crippen LogP contribution in [0.5, 0.6) is 0 Å². The summed E-state index contributed by atoms with van der Waals surface area (Å²) in [7, 11) is 1.74. The van der Waals surface area contributed by atoms with Crippen molar-refractivity contribution < 1.29 is 22.4 Å². The molecule has 3 rings (SSSR count). The number of nitrogens with zero attached hydrogens (tertiary/aromatic N) is 2. The molecule has 0 saturated carbocycles. The third kappa shape index (κ3) is 6.79. The first-order valence-electron chi connectivity index (χ1n) is 10.6. The first kappa shape index (κ1) is 23.3. The fraction of sp³-hybridized carbons (Fsp3) is 0.458. The van der Waals surface area contributed by atoms with Crippen molar-refractivity contribution in [2.45, 2.75) is 31.9 Å². The summed E-state index contributed by atoms with van der Waals surface area (Å²) in [4.78, 5) is 16.4. The zero-order valence-electron chi connectivity index (χ0n) is 17.7. The van der Waals surface area contributed by atoms with Gasteiger partial charge < -0.3 is 9.80 Å². The monoisotopic (exact) mass is 436 g/mol. The van der Waals surface area contributed by atoms with Crippen LogP contribution in [0.15, 0.2) is 48.5 Å². The van der Waals surface area contributed by atoms with Crippen LogP contribution in [0.4, 0.5) is 17.6 Å². The van der Waals surface area contributed by atoms with Crippen LogP contribution in [-0.4, -0.2) is 48.9 Å². The fourth-order valence-electron chi connectivity index (χ4n) is 4.12. The maximum atomic E-state index is 13.8. The number of likely N-dealkylation sites (tertiary alicyclic amines) is 1. The molecule has 1 unspecified atom stereocenters. The van der Waals surface area contributed by atoms with Crippen LogP contribution in [0.2, 0.25) is 0 Å². The summed E-state index contributed by atoms with van der Waals surface area (Å²) >= 11 is 0. The van der Waals surface area contributed by atoms with Crippen LogP contribution < -0.4 is 0 Å². The van der Waals surface area contributed by atoms with Crippen molar-refractivity contribution in [2.75, 3.05) is 33.2 Å². The first-order valence-corrected chi connectivity index (χ1v) is 10.6. The second-order valence-electron chi connectivity index (χ2n) is 8.30. The molecule has 2 aromatic carbocycles. The molecule has 31 heavy (non-hydrogen) atoms. The Morgan fingerprint density at radius 3 is 2.68 bits per heavy atom. The van der Waals surface area contributed by atoms with Gasteiger partial charge in [-0.25, -0.2) is 4.39 Å². The molecule has 1 saturated heterocycles. The summed E-state index contributed by atoms with van der Waals surface area (Å²) in [6.45, 7) is 2.98. The van der Waals surface area contributed by atoms with Gasteiger partial charge in [0.05, 0.1) is 12.0 Å². The van der Waals surface area contributed by atoms with E-state index in [9.17, 15) is 22.4 Å². The Bertz CT molecular complexity index is 884. The van der Waals surface area contributed by atoms with E-state index in [1.165, 1.54) is 18.2 Å². The lowest BCUT2D eigenvalue weighted by molar-refractivity contribution is -0.137. The van der Waals surface area contributed by atoms with E-state index in [4.69, 9.17) is 0 Å². The molecular weight excluding hydrogens is 408 g/mol. The standard InChI is InChI=1S/C24H28F4N2O/c1-29(23(31)15-20-8-2-3-10-22(20)25)16-19-7-5-12-30(17-19)13-11-18-6-4-9-21(14-18)24(26,27)28/h2-4,6,8-10,14,19H,5,7,11-13,15-17H2,1H3. The highest BCUT2D eigenvalue weighted by atomic mass is 19.4. The number of benzene rings is 2. The zero-order chi connectivity index (χ0) is 22.4. The topological polar surface area (TPSA) is 23.6 Å². The van der Waals surface area contributed by atoms with E-state index in [1.807, 2.05) is 0 Å². The van der Waals surface area contributed by atoms with Crippen LogP contribution >= 0.6 is 0 Å². The lowest BCUT2D eigenvalue weighted by Crippen LogP contribution is -2.42. The Morgan fingerprint density at radius 1 is 1.16 bits per heavy atom. The summed E-state index contributed by atoms with van der Waals surface area (Å²) in [5.41, 5.74) is 0.455. The van der Waals surface area contributed by atoms with Gasteiger partial charge in [0.15, 0.2) is 0 Å². The Labute approximate surface area is 180 Å². The highest BCUT2D eigenvalue weighted by Crippen LogP contribution is 2.29. The average Bonchev–Trinajstić information content (AvgIpc) is 2.74. The summed E-state index contributed by atoms with van der Waals surface area (Å²) in [5.74, 6) is -0.196. The van der Waals surface area contributed by atoms with E-state index in [0.29, 0.717) is 36.6 Å². The Morgan fingerprint density at radius 2 is 1.94 bits per heavy atom. The van der Waals surface area contributed by atoms with Crippen molar-refractivity contribution in [3.05, 3.63) is 71.0 Å². The molecule has 7 heteroatoms. The van der Waals surface area contributed by atoms with E-state index in [1.54, 1.807) is 36.2 Å². The predicted octanol–water partition coefficient (Wildman–Crippen LogP) is 4.80. The Kier molecular flexibility index (Phi) is 7.70. The second-order valence-corrected chi connectivity index (χ2v) is 8.30. The molecule has 0 spiro atoms. The van der Waals surface area contributed by atoms with Crippen LogP contribution in [-0.2, 0) is 23.8 Å². The van der Waals surface area contributed by atoms with Gasteiger partial charge in [-0.15, -0.1) is 0 Å². The van der Waals surface area contributed by atoms with E-state index in [0.717, 1.165) is 32.0 Å². The number of halogens is 4. The van der Waals surface area contributed by atoms with Gasteiger partial charge in [-0.3, -0.25) is 4.79 Å². The molecular formula is C24H28F4N2O. The first-order chi connectivity index (χ1) is 14.7. The van der Waals surface area contributed by atoms with Gasteiger partial charge in [0.2, 0.25) is 5.91 Å². The largest absolute Gasteiger partial charge is 0.416 e. The number of amides is 1. The molecule has 1 aliphatic rings. The van der Waals surface area contributed by atoms with Crippen molar-refractivity contribution in [2.24, 2.45) is 5.92 Å². The highest BCUT2D eigenvalue weighted by Gasteiger charge is 2.30. The third-order valence-electron chi connectivity index (χ3n) is 5.83. The van der Waals surface area contributed by atoms with Crippen molar-refractivity contribution >= 4 is 5.91 Å². The quantitative estimate of drug-likeness (QED) is 0.582. The van der Waals surface area contributed by atoms with Gasteiger partial charge in [0.1, 0.15) is 5.82 Å². The van der Waals surface area contributed by atoms with Crippen LogP contribution in [0, 0.1) is 11.7 Å². The van der Waals surface area contributed by atoms with Gasteiger partial charge in [-0.05, 0) is 55.0 Å². The molecule has 0 radical (unpaired) electrons. The molecule has 0 bridgehead atoms. The van der Waals surface area contributed by atoms with Crippen molar-refractivity contribution in [3.8, 4) is 0 Å². The van der Waals surface area contributed by atoms with E-state index in [-0.39, 0.29) is 18.1 Å². The lowest BCUT2D eigenvalue weighted by Gasteiger charge is -2.34. The van der Waals surface area contributed by atoms with Crippen molar-refractivity contribution in [1.82, 2.24) is 9.80 Å². The Hall–Kier alpha value is -2.41. The maximum Gasteiger partial charge on any atom is 0.416 e. The van der Waals surface area contributed by atoms with Gasteiger partial charge in [-0.1, -0.05) is 36.4 Å². The van der Waals surface area contributed by atoms with Gasteiger partial charge in [-0.2, -0.15) is 13.2 Å². The number of carbonyl (C=O) groups excluding carboxylic acids is 1. The van der Waals surface area contributed by atoms with Crippen molar-refractivity contribution in [3.63, 3.8) is 0 Å². The number of alkyl halides is 3. The third-order valence-corrected chi connectivity index (χ3v) is 5.83. The van der Waals surface area contributed by atoms with Crippen molar-refractivity contribution in [1.29, 1.82) is 0 Å². The summed E-state index contributed by atoms with van der Waals surface area (Å²) in [6, 6.07) is 11.8. The average molecular weight is 436 g/mol. The van der Waals surface area contributed by atoms with E-state index >= 15 is 0 Å². The van der Waals surface area contributed by atoms with E-state index in [2.05, 4.69) is 4.90 Å². The predicted molar refractivity (Wildman–Crippen MR) is 112 cm³/mol. The minimum Gasteiger partial charge on any atom is -0.345 e. The second kappa shape index (κ2) is 10.3. The molecule has 1 amide bonds. The molecule has 3 nitrogen and oxygen atoms in total. The molecule has 2 aromatic rings. The van der Waals surface area contributed by atoms with E-state index < -0.39 is 11.7 Å². The molecule has 0 aliphatic carbocycles. The number of hydrogen-bond donors (Lipinski definition) is 0. The molecule has 1 atom stereocenters. The lowest BCUT2D eigenvalue weighted by atomic mass is 9.96. The zero-order valence-corrected chi connectivity index (χ0v) is 17.7. The normalized spacial score (nSPS) is 17.5. The molecule has 168 valence electrons. The van der Waals surface area contributed by atoms with Crippen LogP contribution in [0.1, 0.15) is 29.5 Å². The highest BCUT2D eigenvalue weighted by molar-refractivity contribution is 5.78. The SMILES string of the molecule is CN(CC1CCCN(CCc2cccc(C(F)(F)F)c2)C1)C(=O)Cc1ccccc1F. The molecule has 1 heterocycles. The van der Waals surface area contributed by atoms with Gasteiger partial charge in [0.25, 0.3) is 0 Å². The number of hydrogen-bond acceptors (Lipinski definition) is 2. The summed E-state index contributed by atoms with van der Waals surface area (Å²) in [6.07, 6.45) is -1.75. The summed E-state index contributed by atoms with van der Waals surface area (Å²) < 4.78 is 52.5. The van der Waals surface area contributed by atoms with Crippen LogP contribution in [0.25, 0.3) is 0 Å². The van der Waals surface area contributed by atoms with Gasteiger partial charge in [0, 0.05) is 26.7 Å². The number of likely N-dealkylation sites (N-methyl/N-ethyl adjacent to an activating group) is 1. The smallest absolute Gasteiger partial charge is 0.345 e. The molecule has 1 fully saturated rings. The van der Waals surface area contributed by atoms with Gasteiger partial charge >= 0.3 is 6.18 Å². The minimum atomic E-state index is -4.33. The number of piperidine rings is 1. The summed E-state index contributed by atoms with van der Waals surface area (Å²) in [5, 5.41) is 0. The minimum absolute atomic E-state index is 0.0369.